The first-order valence-electron chi connectivity index (χ1n) is 6.91. The molecule has 0 aliphatic carbocycles. The summed E-state index contributed by atoms with van der Waals surface area (Å²) in [7, 11) is -3.65. The molecular formula is C14H18ClN3O2S. The second kappa shape index (κ2) is 6.75. The van der Waals surface area contributed by atoms with Gasteiger partial charge in [0.1, 0.15) is 4.90 Å². The zero-order valence-electron chi connectivity index (χ0n) is 11.8. The number of sulfonamides is 1. The molecule has 0 aromatic heterocycles. The van der Waals surface area contributed by atoms with Crippen LogP contribution in [0.2, 0.25) is 5.02 Å². The van der Waals surface area contributed by atoms with Crippen molar-refractivity contribution < 1.29 is 8.42 Å². The second-order valence-electron chi connectivity index (χ2n) is 5.03. The van der Waals surface area contributed by atoms with Gasteiger partial charge in [0, 0.05) is 12.6 Å². The van der Waals surface area contributed by atoms with Gasteiger partial charge in [-0.05, 0) is 44.1 Å². The fraction of sp³-hybridized carbons (Fsp3) is 0.500. The zero-order valence-corrected chi connectivity index (χ0v) is 13.4. The Morgan fingerprint density at radius 2 is 2.29 bits per heavy atom. The molecule has 1 saturated heterocycles. The highest BCUT2D eigenvalue weighted by Crippen LogP contribution is 2.23. The molecule has 114 valence electrons. The number of likely N-dealkylation sites (N-methyl/N-ethyl adjacent to an activating group) is 1. The minimum atomic E-state index is -3.65. The number of halogens is 1. The third-order valence-corrected chi connectivity index (χ3v) is 5.67. The summed E-state index contributed by atoms with van der Waals surface area (Å²) < 4.78 is 27.2. The first-order chi connectivity index (χ1) is 9.97. The van der Waals surface area contributed by atoms with E-state index in [0.717, 1.165) is 25.9 Å². The number of likely N-dealkylation sites (tertiary alicyclic amines) is 1. The van der Waals surface area contributed by atoms with Crippen molar-refractivity contribution >= 4 is 21.6 Å². The standard InChI is InChI=1S/C14H18ClN3O2S/c1-2-18-7-3-4-12(18)10-17-21(19,20)14-6-5-11(9-16)8-13(14)15/h5-6,8,12,17H,2-4,7,10H2,1H3. The van der Waals surface area contributed by atoms with Gasteiger partial charge in [-0.3, -0.25) is 4.90 Å². The average molecular weight is 328 g/mol. The fourth-order valence-electron chi connectivity index (χ4n) is 2.61. The molecule has 0 radical (unpaired) electrons. The molecule has 0 saturated carbocycles. The third-order valence-electron chi connectivity index (χ3n) is 3.76. The van der Waals surface area contributed by atoms with Gasteiger partial charge in [0.05, 0.1) is 16.7 Å². The number of nitrogens with zero attached hydrogens (tertiary/aromatic N) is 2. The van der Waals surface area contributed by atoms with Gasteiger partial charge in [0.25, 0.3) is 0 Å². The normalized spacial score (nSPS) is 19.6. The Bertz CT molecular complexity index is 655. The summed E-state index contributed by atoms with van der Waals surface area (Å²) in [5.41, 5.74) is 0.340. The van der Waals surface area contributed by atoms with Crippen LogP contribution in [0, 0.1) is 11.3 Å². The molecule has 0 amide bonds. The lowest BCUT2D eigenvalue weighted by atomic mass is 10.2. The van der Waals surface area contributed by atoms with E-state index in [1.807, 2.05) is 6.07 Å². The summed E-state index contributed by atoms with van der Waals surface area (Å²) in [6, 6.07) is 6.36. The van der Waals surface area contributed by atoms with Crippen LogP contribution in [0.4, 0.5) is 0 Å². The van der Waals surface area contributed by atoms with Crippen LogP contribution >= 0.6 is 11.6 Å². The van der Waals surface area contributed by atoms with Crippen LogP contribution in [0.1, 0.15) is 25.3 Å². The van der Waals surface area contributed by atoms with Gasteiger partial charge in [-0.25, -0.2) is 13.1 Å². The Kier molecular flexibility index (Phi) is 5.22. The van der Waals surface area contributed by atoms with E-state index in [2.05, 4.69) is 16.5 Å². The van der Waals surface area contributed by atoms with E-state index < -0.39 is 10.0 Å². The van der Waals surface area contributed by atoms with Crippen LogP contribution in [0.3, 0.4) is 0 Å². The second-order valence-corrected chi connectivity index (χ2v) is 7.18. The summed E-state index contributed by atoms with van der Waals surface area (Å²) in [5.74, 6) is 0. The monoisotopic (exact) mass is 327 g/mol. The van der Waals surface area contributed by atoms with Crippen molar-refractivity contribution in [2.24, 2.45) is 0 Å². The highest BCUT2D eigenvalue weighted by molar-refractivity contribution is 7.89. The first kappa shape index (κ1) is 16.2. The molecule has 21 heavy (non-hydrogen) atoms. The number of hydrogen-bond acceptors (Lipinski definition) is 4. The Labute approximate surface area is 130 Å². The van der Waals surface area contributed by atoms with Crippen molar-refractivity contribution in [3.05, 3.63) is 28.8 Å². The van der Waals surface area contributed by atoms with Crippen LogP contribution in [0.15, 0.2) is 23.1 Å². The van der Waals surface area contributed by atoms with E-state index in [0.29, 0.717) is 12.1 Å². The third kappa shape index (κ3) is 3.74. The van der Waals surface area contributed by atoms with E-state index >= 15 is 0 Å². The van der Waals surface area contributed by atoms with Crippen LogP contribution in [-0.4, -0.2) is 39.0 Å². The Morgan fingerprint density at radius 1 is 1.52 bits per heavy atom. The summed E-state index contributed by atoms with van der Waals surface area (Å²) >= 11 is 5.96. The van der Waals surface area contributed by atoms with Crippen LogP contribution in [0.25, 0.3) is 0 Å². The first-order valence-corrected chi connectivity index (χ1v) is 8.77. The summed E-state index contributed by atoms with van der Waals surface area (Å²) in [6.45, 7) is 4.39. The lowest BCUT2D eigenvalue weighted by molar-refractivity contribution is 0.268. The van der Waals surface area contributed by atoms with Gasteiger partial charge >= 0.3 is 0 Å². The SMILES string of the molecule is CCN1CCCC1CNS(=O)(=O)c1ccc(C#N)cc1Cl. The van der Waals surface area contributed by atoms with Crippen LogP contribution in [0.5, 0.6) is 0 Å². The van der Waals surface area contributed by atoms with E-state index in [-0.39, 0.29) is 16.0 Å². The minimum Gasteiger partial charge on any atom is -0.299 e. The molecule has 1 heterocycles. The minimum absolute atomic E-state index is 0.0178. The van der Waals surface area contributed by atoms with E-state index in [1.165, 1.54) is 18.2 Å². The molecule has 1 aliphatic rings. The van der Waals surface area contributed by atoms with Gasteiger partial charge < -0.3 is 0 Å². The van der Waals surface area contributed by atoms with Gasteiger partial charge in [0.2, 0.25) is 10.0 Å². The van der Waals surface area contributed by atoms with Gasteiger partial charge in [-0.15, -0.1) is 0 Å². The number of nitriles is 1. The number of benzene rings is 1. The Hall–Kier alpha value is -1.13. The molecule has 1 fully saturated rings. The quantitative estimate of drug-likeness (QED) is 0.897. The maximum Gasteiger partial charge on any atom is 0.242 e. The van der Waals surface area contributed by atoms with Crippen LogP contribution in [-0.2, 0) is 10.0 Å². The van der Waals surface area contributed by atoms with Crippen molar-refractivity contribution in [1.29, 1.82) is 5.26 Å². The molecule has 1 unspecified atom stereocenters. The molecule has 1 N–H and O–H groups in total. The predicted octanol–water partition coefficient (Wildman–Crippen LogP) is 1.97. The van der Waals surface area contributed by atoms with Crippen molar-refractivity contribution in [2.45, 2.75) is 30.7 Å². The largest absolute Gasteiger partial charge is 0.299 e. The smallest absolute Gasteiger partial charge is 0.242 e. The van der Waals surface area contributed by atoms with E-state index in [1.54, 1.807) is 0 Å². The molecule has 1 aromatic carbocycles. The van der Waals surface area contributed by atoms with Crippen molar-refractivity contribution in [1.82, 2.24) is 9.62 Å². The van der Waals surface area contributed by atoms with E-state index in [9.17, 15) is 8.42 Å². The lowest BCUT2D eigenvalue weighted by Crippen LogP contribution is -2.40. The summed E-state index contributed by atoms with van der Waals surface area (Å²) in [4.78, 5) is 2.28. The molecule has 7 heteroatoms. The summed E-state index contributed by atoms with van der Waals surface area (Å²) in [6.07, 6.45) is 2.09. The molecule has 1 aliphatic heterocycles. The van der Waals surface area contributed by atoms with Crippen LogP contribution < -0.4 is 4.72 Å². The fourth-order valence-corrected chi connectivity index (χ4v) is 4.23. The molecule has 1 aromatic rings. The van der Waals surface area contributed by atoms with Gasteiger partial charge in [-0.2, -0.15) is 5.26 Å². The number of hydrogen-bond donors (Lipinski definition) is 1. The van der Waals surface area contributed by atoms with E-state index in [4.69, 9.17) is 16.9 Å². The highest BCUT2D eigenvalue weighted by Gasteiger charge is 2.26. The molecule has 2 rings (SSSR count). The number of nitrogens with one attached hydrogen (secondary N) is 1. The molecular weight excluding hydrogens is 310 g/mol. The van der Waals surface area contributed by atoms with Crippen molar-refractivity contribution in [3.63, 3.8) is 0 Å². The topological polar surface area (TPSA) is 73.2 Å². The molecule has 0 bridgehead atoms. The predicted molar refractivity (Wildman–Crippen MR) is 81.6 cm³/mol. The zero-order chi connectivity index (χ0) is 15.5. The lowest BCUT2D eigenvalue weighted by Gasteiger charge is -2.22. The van der Waals surface area contributed by atoms with Crippen molar-refractivity contribution in [2.75, 3.05) is 19.6 Å². The van der Waals surface area contributed by atoms with Crippen molar-refractivity contribution in [3.8, 4) is 6.07 Å². The van der Waals surface area contributed by atoms with Gasteiger partial charge in [0.15, 0.2) is 0 Å². The maximum atomic E-state index is 12.3. The Morgan fingerprint density at radius 3 is 2.90 bits per heavy atom. The highest BCUT2D eigenvalue weighted by atomic mass is 35.5. The maximum absolute atomic E-state index is 12.3. The Balaban J connectivity index is 2.10. The van der Waals surface area contributed by atoms with Gasteiger partial charge in [-0.1, -0.05) is 18.5 Å². The molecule has 5 nitrogen and oxygen atoms in total. The molecule has 0 spiro atoms. The number of rotatable bonds is 5. The molecule has 1 atom stereocenters. The average Bonchev–Trinajstić information content (AvgIpc) is 2.92. The summed E-state index contributed by atoms with van der Waals surface area (Å²) in [5, 5.41) is 8.85.